The third-order valence-electron chi connectivity index (χ3n) is 5.42. The Morgan fingerprint density at radius 2 is 1.75 bits per heavy atom. The van der Waals surface area contributed by atoms with E-state index in [1.54, 1.807) is 0 Å². The number of aromatic amines is 1. The molecular formula is C25H32N4O2S. The van der Waals surface area contributed by atoms with Crippen molar-refractivity contribution >= 4 is 33.9 Å². The molecule has 1 heterocycles. The Balaban J connectivity index is 1.83. The number of thiocarbonyl (C=S) groups is 1. The molecule has 0 amide bonds. The van der Waals surface area contributed by atoms with Crippen LogP contribution < -0.4 is 15.6 Å². The van der Waals surface area contributed by atoms with Crippen LogP contribution in [0.15, 0.2) is 47.3 Å². The zero-order valence-corrected chi connectivity index (χ0v) is 20.3. The Bertz CT molecular complexity index is 1140. The molecule has 0 radical (unpaired) electrons. The quantitative estimate of drug-likeness (QED) is 0.497. The second kappa shape index (κ2) is 10.6. The number of benzene rings is 2. The number of aromatic nitrogens is 1. The number of fused-ring (bicyclic) bond motifs is 1. The van der Waals surface area contributed by atoms with Gasteiger partial charge in [0.25, 0.3) is 5.56 Å². The van der Waals surface area contributed by atoms with Crippen LogP contribution in [0.1, 0.15) is 23.6 Å². The second-order valence-electron chi connectivity index (χ2n) is 8.26. The van der Waals surface area contributed by atoms with Gasteiger partial charge < -0.3 is 24.8 Å². The van der Waals surface area contributed by atoms with Gasteiger partial charge in [-0.3, -0.25) is 4.79 Å². The minimum atomic E-state index is -0.0838. The number of anilines is 1. The fourth-order valence-corrected chi connectivity index (χ4v) is 3.70. The molecule has 0 aliphatic heterocycles. The Morgan fingerprint density at radius 3 is 2.41 bits per heavy atom. The first-order chi connectivity index (χ1) is 15.3. The van der Waals surface area contributed by atoms with Crippen LogP contribution in [-0.4, -0.2) is 53.7 Å². The average Bonchev–Trinajstić information content (AvgIpc) is 2.74. The van der Waals surface area contributed by atoms with E-state index in [-0.39, 0.29) is 5.56 Å². The van der Waals surface area contributed by atoms with Crippen LogP contribution in [0.3, 0.4) is 0 Å². The number of hydrogen-bond donors (Lipinski definition) is 2. The van der Waals surface area contributed by atoms with Crippen LogP contribution in [0.2, 0.25) is 0 Å². The van der Waals surface area contributed by atoms with E-state index in [9.17, 15) is 4.79 Å². The van der Waals surface area contributed by atoms with Gasteiger partial charge in [0.15, 0.2) is 5.11 Å². The summed E-state index contributed by atoms with van der Waals surface area (Å²) < 4.78 is 5.51. The van der Waals surface area contributed by atoms with Crippen molar-refractivity contribution in [2.24, 2.45) is 0 Å². The lowest BCUT2D eigenvalue weighted by molar-refractivity contribution is 0.327. The Kier molecular flexibility index (Phi) is 7.88. The van der Waals surface area contributed by atoms with Gasteiger partial charge in [-0.2, -0.15) is 0 Å². The number of H-pyrrole nitrogens is 1. The Labute approximate surface area is 195 Å². The molecule has 0 saturated heterocycles. The highest BCUT2D eigenvalue weighted by Gasteiger charge is 2.14. The molecule has 0 aliphatic carbocycles. The molecule has 7 heteroatoms. The maximum Gasteiger partial charge on any atom is 0.253 e. The van der Waals surface area contributed by atoms with E-state index < -0.39 is 0 Å². The van der Waals surface area contributed by atoms with E-state index in [0.717, 1.165) is 34.4 Å². The van der Waals surface area contributed by atoms with Crippen LogP contribution in [0.4, 0.5) is 5.69 Å². The summed E-state index contributed by atoms with van der Waals surface area (Å²) in [5.74, 6) is 0.821. The van der Waals surface area contributed by atoms with E-state index in [2.05, 4.69) is 35.1 Å². The van der Waals surface area contributed by atoms with E-state index in [0.29, 0.717) is 30.4 Å². The largest absolute Gasteiger partial charge is 0.494 e. The molecule has 0 atom stereocenters. The van der Waals surface area contributed by atoms with Crippen molar-refractivity contribution in [3.8, 4) is 5.75 Å². The van der Waals surface area contributed by atoms with E-state index >= 15 is 0 Å². The number of nitrogens with one attached hydrogen (secondary N) is 2. The highest BCUT2D eigenvalue weighted by molar-refractivity contribution is 7.80. The number of rotatable bonds is 8. The fourth-order valence-electron chi connectivity index (χ4n) is 3.42. The highest BCUT2D eigenvalue weighted by atomic mass is 32.1. The fraction of sp³-hybridized carbons (Fsp3) is 0.360. The first-order valence-corrected chi connectivity index (χ1v) is 11.2. The smallest absolute Gasteiger partial charge is 0.253 e. The Hall–Kier alpha value is -2.90. The summed E-state index contributed by atoms with van der Waals surface area (Å²) in [6.07, 6.45) is 0. The summed E-state index contributed by atoms with van der Waals surface area (Å²) in [6.45, 7) is 8.65. The minimum absolute atomic E-state index is 0.0838. The van der Waals surface area contributed by atoms with Gasteiger partial charge in [-0.1, -0.05) is 0 Å². The predicted octanol–water partition coefficient (Wildman–Crippen LogP) is 4.30. The number of pyridine rings is 1. The zero-order chi connectivity index (χ0) is 23.3. The zero-order valence-electron chi connectivity index (χ0n) is 19.5. The van der Waals surface area contributed by atoms with Crippen LogP contribution in [0.5, 0.6) is 5.75 Å². The van der Waals surface area contributed by atoms with E-state index in [1.807, 2.05) is 62.3 Å². The lowest BCUT2D eigenvalue weighted by Gasteiger charge is -2.27. The number of ether oxygens (including phenoxy) is 1. The van der Waals surface area contributed by atoms with Crippen LogP contribution >= 0.6 is 12.2 Å². The first-order valence-electron chi connectivity index (χ1n) is 10.8. The van der Waals surface area contributed by atoms with Crippen LogP contribution in [-0.2, 0) is 6.54 Å². The average molecular weight is 453 g/mol. The maximum atomic E-state index is 12.8. The molecule has 0 saturated carbocycles. The van der Waals surface area contributed by atoms with E-state index in [1.165, 1.54) is 5.56 Å². The maximum absolute atomic E-state index is 12.8. The molecule has 2 aromatic carbocycles. The van der Waals surface area contributed by atoms with Crippen molar-refractivity contribution in [1.29, 1.82) is 0 Å². The van der Waals surface area contributed by atoms with Crippen molar-refractivity contribution < 1.29 is 4.74 Å². The molecule has 6 nitrogen and oxygen atoms in total. The third kappa shape index (κ3) is 6.08. The SMILES string of the molecule is CCOc1ccc(NC(=S)N(CCN(C)C)Cc2cc3cc(C)c(C)cc3[nH]c2=O)cc1. The van der Waals surface area contributed by atoms with Crippen molar-refractivity contribution in [2.45, 2.75) is 27.3 Å². The lowest BCUT2D eigenvalue weighted by atomic mass is 10.0. The minimum Gasteiger partial charge on any atom is -0.494 e. The van der Waals surface area contributed by atoms with Gasteiger partial charge in [-0.25, -0.2) is 0 Å². The van der Waals surface area contributed by atoms with Gasteiger partial charge in [0.2, 0.25) is 0 Å². The lowest BCUT2D eigenvalue weighted by Crippen LogP contribution is -2.40. The number of likely N-dealkylation sites (N-methyl/N-ethyl adjacent to an activating group) is 1. The number of nitrogens with zero attached hydrogens (tertiary/aromatic N) is 2. The molecule has 0 bridgehead atoms. The number of aryl methyl sites for hydroxylation is 2. The summed E-state index contributed by atoms with van der Waals surface area (Å²) in [6, 6.07) is 13.8. The molecule has 0 spiro atoms. The standard InChI is InChI=1S/C25H32N4O2S/c1-6-31-22-9-7-21(8-10-22)26-25(32)29(12-11-28(4)5)16-20-15-19-13-17(2)18(3)14-23(19)27-24(20)30/h7-10,13-15H,6,11-12,16H2,1-5H3,(H,26,32)(H,27,30). The van der Waals surface area contributed by atoms with Gasteiger partial charge in [-0.05, 0) is 106 Å². The van der Waals surface area contributed by atoms with Gasteiger partial charge in [0.1, 0.15) is 5.75 Å². The monoisotopic (exact) mass is 452 g/mol. The molecule has 2 N–H and O–H groups in total. The molecule has 32 heavy (non-hydrogen) atoms. The second-order valence-corrected chi connectivity index (χ2v) is 8.65. The predicted molar refractivity (Wildman–Crippen MR) is 137 cm³/mol. The molecule has 0 aliphatic rings. The summed E-state index contributed by atoms with van der Waals surface area (Å²) in [5.41, 5.74) is 4.71. The Morgan fingerprint density at radius 1 is 1.06 bits per heavy atom. The molecular weight excluding hydrogens is 420 g/mol. The molecule has 0 fully saturated rings. The van der Waals surface area contributed by atoms with Gasteiger partial charge in [0.05, 0.1) is 13.2 Å². The summed E-state index contributed by atoms with van der Waals surface area (Å²) >= 11 is 5.72. The van der Waals surface area contributed by atoms with Crippen LogP contribution in [0, 0.1) is 13.8 Å². The molecule has 3 rings (SSSR count). The molecule has 0 unspecified atom stereocenters. The van der Waals surface area contributed by atoms with Crippen molar-refractivity contribution in [3.05, 3.63) is 69.5 Å². The normalized spacial score (nSPS) is 11.1. The van der Waals surface area contributed by atoms with E-state index in [4.69, 9.17) is 17.0 Å². The molecule has 170 valence electrons. The number of hydrogen-bond acceptors (Lipinski definition) is 4. The van der Waals surface area contributed by atoms with Crippen LogP contribution in [0.25, 0.3) is 10.9 Å². The summed E-state index contributed by atoms with van der Waals surface area (Å²) in [7, 11) is 4.05. The molecule has 1 aromatic heterocycles. The van der Waals surface area contributed by atoms with Gasteiger partial charge >= 0.3 is 0 Å². The highest BCUT2D eigenvalue weighted by Crippen LogP contribution is 2.19. The van der Waals surface area contributed by atoms with Gasteiger partial charge in [0, 0.05) is 29.9 Å². The van der Waals surface area contributed by atoms with Crippen molar-refractivity contribution in [3.63, 3.8) is 0 Å². The molecule has 3 aromatic rings. The summed E-state index contributed by atoms with van der Waals surface area (Å²) in [4.78, 5) is 20.0. The third-order valence-corrected chi connectivity index (χ3v) is 5.78. The van der Waals surface area contributed by atoms with Crippen molar-refractivity contribution in [2.75, 3.05) is 39.1 Å². The first kappa shape index (κ1) is 23.8. The topological polar surface area (TPSA) is 60.6 Å². The van der Waals surface area contributed by atoms with Crippen molar-refractivity contribution in [1.82, 2.24) is 14.8 Å². The summed E-state index contributed by atoms with van der Waals surface area (Å²) in [5, 5.41) is 4.91. The van der Waals surface area contributed by atoms with Gasteiger partial charge in [-0.15, -0.1) is 0 Å².